The summed E-state index contributed by atoms with van der Waals surface area (Å²) in [5, 5.41) is 11.4. The fourth-order valence-corrected chi connectivity index (χ4v) is 1.47. The fraction of sp³-hybridized carbons (Fsp3) is 0.818. The number of nitrogens with zero attached hydrogens (tertiary/aromatic N) is 2. The Labute approximate surface area is 97.3 Å². The second-order valence-electron chi connectivity index (χ2n) is 3.86. The third-order valence-corrected chi connectivity index (χ3v) is 2.32. The van der Waals surface area contributed by atoms with Crippen molar-refractivity contribution in [1.82, 2.24) is 4.90 Å². The largest absolute Gasteiger partial charge is 0.409 e. The van der Waals surface area contributed by atoms with Gasteiger partial charge in [0, 0.05) is 13.0 Å². The Morgan fingerprint density at radius 3 is 2.50 bits per heavy atom. The molecule has 0 radical (unpaired) electrons. The zero-order valence-electron chi connectivity index (χ0n) is 10.3. The molecule has 0 aliphatic rings. The minimum absolute atomic E-state index is 0.0808. The number of nitrogens with two attached hydrogens (primary N) is 1. The molecule has 0 fully saturated rings. The number of rotatable bonds is 8. The molecule has 0 aliphatic carbocycles. The van der Waals surface area contributed by atoms with E-state index >= 15 is 0 Å². The summed E-state index contributed by atoms with van der Waals surface area (Å²) in [5.74, 6) is 0.166. The zero-order chi connectivity index (χ0) is 12.4. The zero-order valence-corrected chi connectivity index (χ0v) is 10.3. The quantitative estimate of drug-likeness (QED) is 0.218. The van der Waals surface area contributed by atoms with Crippen molar-refractivity contribution in [2.75, 3.05) is 13.1 Å². The highest BCUT2D eigenvalue weighted by Crippen LogP contribution is 2.03. The number of oxime groups is 1. The maximum Gasteiger partial charge on any atom is 0.222 e. The summed E-state index contributed by atoms with van der Waals surface area (Å²) in [7, 11) is 0. The number of amidine groups is 1. The third kappa shape index (κ3) is 6.27. The van der Waals surface area contributed by atoms with Crippen LogP contribution in [0.1, 0.15) is 46.0 Å². The third-order valence-electron chi connectivity index (χ3n) is 2.32. The first-order valence-electron chi connectivity index (χ1n) is 5.89. The van der Waals surface area contributed by atoms with Gasteiger partial charge in [0.25, 0.3) is 0 Å². The van der Waals surface area contributed by atoms with Gasteiger partial charge >= 0.3 is 0 Å². The van der Waals surface area contributed by atoms with Crippen LogP contribution in [-0.4, -0.2) is 34.9 Å². The average Bonchev–Trinajstić information content (AvgIpc) is 2.28. The molecule has 0 unspecified atom stereocenters. The molecule has 0 rings (SSSR count). The average molecular weight is 229 g/mol. The molecule has 3 N–H and O–H groups in total. The minimum atomic E-state index is 0.0808. The lowest BCUT2D eigenvalue weighted by atomic mass is 10.2. The van der Waals surface area contributed by atoms with E-state index in [1.807, 2.05) is 6.92 Å². The van der Waals surface area contributed by atoms with E-state index < -0.39 is 0 Å². The number of hydrogen-bond donors (Lipinski definition) is 2. The van der Waals surface area contributed by atoms with Gasteiger partial charge in [-0.05, 0) is 12.8 Å². The van der Waals surface area contributed by atoms with E-state index in [9.17, 15) is 4.79 Å². The summed E-state index contributed by atoms with van der Waals surface area (Å²) < 4.78 is 0. The number of carbonyl (C=O) groups excluding carboxylic acids is 1. The van der Waals surface area contributed by atoms with Gasteiger partial charge in [0.1, 0.15) is 0 Å². The maximum absolute atomic E-state index is 11.8. The lowest BCUT2D eigenvalue weighted by Gasteiger charge is -2.21. The standard InChI is InChI=1S/C11H23N3O2/c1-3-5-6-7-11(15)14(8-4-2)9-10(12)13-16/h16H,3-9H2,1-2H3,(H2,12,13). The summed E-state index contributed by atoms with van der Waals surface area (Å²) in [6.07, 6.45) is 4.49. The fourth-order valence-electron chi connectivity index (χ4n) is 1.47. The Morgan fingerprint density at radius 2 is 2.00 bits per heavy atom. The van der Waals surface area contributed by atoms with Gasteiger partial charge < -0.3 is 15.8 Å². The summed E-state index contributed by atoms with van der Waals surface area (Å²) >= 11 is 0. The van der Waals surface area contributed by atoms with Crippen LogP contribution in [-0.2, 0) is 4.79 Å². The van der Waals surface area contributed by atoms with Gasteiger partial charge in [0.05, 0.1) is 6.54 Å². The van der Waals surface area contributed by atoms with Crippen LogP contribution in [0.3, 0.4) is 0 Å². The molecular weight excluding hydrogens is 206 g/mol. The molecule has 94 valence electrons. The molecule has 5 heteroatoms. The van der Waals surface area contributed by atoms with Crippen molar-refractivity contribution in [3.63, 3.8) is 0 Å². The second-order valence-corrected chi connectivity index (χ2v) is 3.86. The van der Waals surface area contributed by atoms with Crippen molar-refractivity contribution < 1.29 is 10.0 Å². The highest BCUT2D eigenvalue weighted by atomic mass is 16.4. The number of amides is 1. The monoisotopic (exact) mass is 229 g/mol. The normalized spacial score (nSPS) is 11.5. The van der Waals surface area contributed by atoms with Gasteiger partial charge in [-0.25, -0.2) is 0 Å². The van der Waals surface area contributed by atoms with Gasteiger partial charge in [-0.3, -0.25) is 4.79 Å². The lowest BCUT2D eigenvalue weighted by Crippen LogP contribution is -2.39. The SMILES string of the molecule is CCCCCC(=O)N(CCC)CC(N)=NO. The second kappa shape index (κ2) is 9.00. The van der Waals surface area contributed by atoms with E-state index in [2.05, 4.69) is 12.1 Å². The Hall–Kier alpha value is -1.26. The van der Waals surface area contributed by atoms with Crippen molar-refractivity contribution in [1.29, 1.82) is 0 Å². The molecule has 0 aromatic rings. The molecule has 0 aliphatic heterocycles. The van der Waals surface area contributed by atoms with Crippen molar-refractivity contribution in [3.8, 4) is 0 Å². The Morgan fingerprint density at radius 1 is 1.31 bits per heavy atom. The van der Waals surface area contributed by atoms with Crippen LogP contribution < -0.4 is 5.73 Å². The molecule has 0 spiro atoms. The molecule has 0 saturated carbocycles. The lowest BCUT2D eigenvalue weighted by molar-refractivity contribution is -0.130. The van der Waals surface area contributed by atoms with Crippen LogP contribution in [0.5, 0.6) is 0 Å². The molecule has 0 aromatic heterocycles. The first kappa shape index (κ1) is 14.7. The molecule has 5 nitrogen and oxygen atoms in total. The van der Waals surface area contributed by atoms with Crippen LogP contribution in [0.15, 0.2) is 5.16 Å². The smallest absolute Gasteiger partial charge is 0.222 e. The summed E-state index contributed by atoms with van der Waals surface area (Å²) in [5.41, 5.74) is 5.40. The van der Waals surface area contributed by atoms with Gasteiger partial charge in [-0.1, -0.05) is 31.8 Å². The summed E-state index contributed by atoms with van der Waals surface area (Å²) in [6, 6.07) is 0. The topological polar surface area (TPSA) is 78.9 Å². The Kier molecular flexibility index (Phi) is 8.29. The van der Waals surface area contributed by atoms with E-state index in [-0.39, 0.29) is 18.3 Å². The summed E-state index contributed by atoms with van der Waals surface area (Å²) in [4.78, 5) is 13.4. The number of carbonyl (C=O) groups is 1. The summed E-state index contributed by atoms with van der Waals surface area (Å²) in [6.45, 7) is 4.97. The van der Waals surface area contributed by atoms with E-state index in [0.717, 1.165) is 25.7 Å². The highest BCUT2D eigenvalue weighted by molar-refractivity contribution is 5.86. The first-order chi connectivity index (χ1) is 7.65. The number of unbranched alkanes of at least 4 members (excludes halogenated alkanes) is 2. The first-order valence-corrected chi connectivity index (χ1v) is 5.89. The molecule has 0 saturated heterocycles. The van der Waals surface area contributed by atoms with Crippen molar-refractivity contribution >= 4 is 11.7 Å². The highest BCUT2D eigenvalue weighted by Gasteiger charge is 2.13. The predicted octanol–water partition coefficient (Wildman–Crippen LogP) is 1.55. The van der Waals surface area contributed by atoms with Crippen molar-refractivity contribution in [3.05, 3.63) is 0 Å². The van der Waals surface area contributed by atoms with E-state index in [0.29, 0.717) is 13.0 Å². The molecule has 0 atom stereocenters. The van der Waals surface area contributed by atoms with Gasteiger partial charge in [-0.15, -0.1) is 0 Å². The van der Waals surface area contributed by atoms with Gasteiger partial charge in [0.2, 0.25) is 5.91 Å². The van der Waals surface area contributed by atoms with Crippen LogP contribution in [0.2, 0.25) is 0 Å². The van der Waals surface area contributed by atoms with Crippen LogP contribution in [0, 0.1) is 0 Å². The van der Waals surface area contributed by atoms with E-state index in [1.54, 1.807) is 4.90 Å². The van der Waals surface area contributed by atoms with Crippen LogP contribution in [0.4, 0.5) is 0 Å². The van der Waals surface area contributed by atoms with Gasteiger partial charge in [-0.2, -0.15) is 0 Å². The molecule has 16 heavy (non-hydrogen) atoms. The molecule has 1 amide bonds. The van der Waals surface area contributed by atoms with Gasteiger partial charge in [0.15, 0.2) is 5.84 Å². The maximum atomic E-state index is 11.8. The van der Waals surface area contributed by atoms with E-state index in [1.165, 1.54) is 0 Å². The van der Waals surface area contributed by atoms with Crippen LogP contribution >= 0.6 is 0 Å². The molecule has 0 heterocycles. The number of hydrogen-bond acceptors (Lipinski definition) is 3. The molecule has 0 bridgehead atoms. The van der Waals surface area contributed by atoms with E-state index in [4.69, 9.17) is 10.9 Å². The predicted molar refractivity (Wildman–Crippen MR) is 64.4 cm³/mol. The Balaban J connectivity index is 4.12. The minimum Gasteiger partial charge on any atom is -0.409 e. The van der Waals surface area contributed by atoms with Crippen molar-refractivity contribution in [2.24, 2.45) is 10.9 Å². The van der Waals surface area contributed by atoms with Crippen molar-refractivity contribution in [2.45, 2.75) is 46.0 Å². The molecular formula is C11H23N3O2. The Bertz CT molecular complexity index is 229. The molecule has 0 aromatic carbocycles. The van der Waals surface area contributed by atoms with Crippen LogP contribution in [0.25, 0.3) is 0 Å².